The zero-order valence-corrected chi connectivity index (χ0v) is 17.6. The number of aryl methyl sites for hydroxylation is 1. The Balaban J connectivity index is 1.96. The van der Waals surface area contributed by atoms with Gasteiger partial charge in [-0.1, -0.05) is 42.1 Å². The largest absolute Gasteiger partial charge is 0.503 e. The third-order valence-corrected chi connectivity index (χ3v) is 5.28. The van der Waals surface area contributed by atoms with Gasteiger partial charge in [0.2, 0.25) is 5.88 Å². The SMILES string of the molecule is CN(Cc1ccc(Cl)c(Cl)c1)C(=O)c1cn(CCCCCCC(=O)O)c(O)c1O. The van der Waals surface area contributed by atoms with E-state index >= 15 is 0 Å². The summed E-state index contributed by atoms with van der Waals surface area (Å²) in [4.78, 5) is 24.6. The molecule has 9 heteroatoms. The number of halogens is 2. The zero-order valence-electron chi connectivity index (χ0n) is 16.1. The number of hydrogen-bond donors (Lipinski definition) is 3. The van der Waals surface area contributed by atoms with Crippen molar-refractivity contribution in [1.29, 1.82) is 0 Å². The molecule has 2 rings (SSSR count). The predicted octanol–water partition coefficient (Wildman–Crippen LogP) is 4.51. The first-order valence-corrected chi connectivity index (χ1v) is 9.98. The molecule has 1 heterocycles. The summed E-state index contributed by atoms with van der Waals surface area (Å²) in [7, 11) is 1.58. The lowest BCUT2D eigenvalue weighted by atomic mass is 10.1. The highest BCUT2D eigenvalue weighted by Gasteiger charge is 2.23. The van der Waals surface area contributed by atoms with E-state index in [0.717, 1.165) is 18.4 Å². The Morgan fingerprint density at radius 2 is 1.76 bits per heavy atom. The topological polar surface area (TPSA) is 103 Å². The van der Waals surface area contributed by atoms with Gasteiger partial charge in [-0.15, -0.1) is 0 Å². The molecule has 1 aromatic carbocycles. The first-order chi connectivity index (χ1) is 13.7. The van der Waals surface area contributed by atoms with Gasteiger partial charge in [0.25, 0.3) is 5.91 Å². The van der Waals surface area contributed by atoms with Gasteiger partial charge in [0, 0.05) is 32.8 Å². The fourth-order valence-corrected chi connectivity index (χ4v) is 3.28. The van der Waals surface area contributed by atoms with Crippen molar-refractivity contribution in [3.05, 3.63) is 45.6 Å². The number of aromatic nitrogens is 1. The normalized spacial score (nSPS) is 10.9. The molecule has 0 fully saturated rings. The lowest BCUT2D eigenvalue weighted by Gasteiger charge is -2.17. The van der Waals surface area contributed by atoms with Crippen LogP contribution in [0.2, 0.25) is 10.0 Å². The molecule has 0 aliphatic heterocycles. The molecule has 3 N–H and O–H groups in total. The van der Waals surface area contributed by atoms with Crippen molar-refractivity contribution < 1.29 is 24.9 Å². The van der Waals surface area contributed by atoms with Gasteiger partial charge < -0.3 is 24.8 Å². The van der Waals surface area contributed by atoms with E-state index in [1.807, 2.05) is 0 Å². The van der Waals surface area contributed by atoms with Crippen molar-refractivity contribution in [2.24, 2.45) is 0 Å². The van der Waals surface area contributed by atoms with E-state index in [4.69, 9.17) is 28.3 Å². The summed E-state index contributed by atoms with van der Waals surface area (Å²) in [5.41, 5.74) is 0.788. The van der Waals surface area contributed by atoms with Crippen LogP contribution in [0.25, 0.3) is 0 Å². The molecule has 0 saturated heterocycles. The summed E-state index contributed by atoms with van der Waals surface area (Å²) in [6, 6.07) is 5.07. The second-order valence-corrected chi connectivity index (χ2v) is 7.69. The number of aromatic hydroxyl groups is 2. The Labute approximate surface area is 179 Å². The van der Waals surface area contributed by atoms with Gasteiger partial charge in [-0.3, -0.25) is 9.59 Å². The number of carboxylic acids is 1. The molecule has 158 valence electrons. The maximum atomic E-state index is 12.7. The molecule has 7 nitrogen and oxygen atoms in total. The van der Waals surface area contributed by atoms with Crippen LogP contribution in [0, 0.1) is 0 Å². The third kappa shape index (κ3) is 6.30. The minimum Gasteiger partial charge on any atom is -0.503 e. The van der Waals surface area contributed by atoms with Crippen LogP contribution in [-0.2, 0) is 17.9 Å². The molecule has 0 atom stereocenters. The first-order valence-electron chi connectivity index (χ1n) is 9.23. The van der Waals surface area contributed by atoms with Crippen molar-refractivity contribution in [1.82, 2.24) is 9.47 Å². The van der Waals surface area contributed by atoms with E-state index < -0.39 is 17.6 Å². The number of amides is 1. The van der Waals surface area contributed by atoms with Crippen LogP contribution < -0.4 is 0 Å². The van der Waals surface area contributed by atoms with Crippen LogP contribution in [0.5, 0.6) is 11.6 Å². The highest BCUT2D eigenvalue weighted by molar-refractivity contribution is 6.42. The maximum Gasteiger partial charge on any atom is 0.303 e. The summed E-state index contributed by atoms with van der Waals surface area (Å²) in [6.07, 6.45) is 4.40. The number of nitrogens with zero attached hydrogens (tertiary/aromatic N) is 2. The number of unbranched alkanes of at least 4 members (excludes halogenated alkanes) is 3. The van der Waals surface area contributed by atoms with Gasteiger partial charge in [0.15, 0.2) is 5.75 Å². The van der Waals surface area contributed by atoms with Crippen LogP contribution in [-0.4, -0.2) is 43.7 Å². The molecule has 0 spiro atoms. The average Bonchev–Trinajstić information content (AvgIpc) is 2.95. The smallest absolute Gasteiger partial charge is 0.303 e. The number of carbonyl (C=O) groups excluding carboxylic acids is 1. The fraction of sp³-hybridized carbons (Fsp3) is 0.400. The molecule has 0 aliphatic rings. The molecule has 1 aromatic heterocycles. The fourth-order valence-electron chi connectivity index (χ4n) is 2.96. The number of rotatable bonds is 10. The zero-order chi connectivity index (χ0) is 21.6. The Bertz CT molecular complexity index is 882. The van der Waals surface area contributed by atoms with Crippen molar-refractivity contribution in [2.75, 3.05) is 7.05 Å². The summed E-state index contributed by atoms with van der Waals surface area (Å²) >= 11 is 11.9. The van der Waals surface area contributed by atoms with Crippen molar-refractivity contribution in [3.63, 3.8) is 0 Å². The maximum absolute atomic E-state index is 12.7. The van der Waals surface area contributed by atoms with Crippen molar-refractivity contribution in [3.8, 4) is 11.6 Å². The summed E-state index contributed by atoms with van der Waals surface area (Å²) in [5, 5.41) is 29.7. The van der Waals surface area contributed by atoms with Gasteiger partial charge in [0.1, 0.15) is 5.56 Å². The Morgan fingerprint density at radius 1 is 1.07 bits per heavy atom. The van der Waals surface area contributed by atoms with Gasteiger partial charge in [0.05, 0.1) is 10.0 Å². The van der Waals surface area contributed by atoms with Crippen molar-refractivity contribution in [2.45, 2.75) is 45.2 Å². The standard InChI is InChI=1S/C20H24Cl2N2O5/c1-23(11-13-7-8-15(21)16(22)10-13)19(28)14-12-24(20(29)18(14)27)9-5-3-2-4-6-17(25)26/h7-8,10,12,27,29H,2-6,9,11H2,1H3,(H,25,26). The first kappa shape index (κ1) is 22.9. The molecule has 0 unspecified atom stereocenters. The third-order valence-electron chi connectivity index (χ3n) is 4.54. The van der Waals surface area contributed by atoms with E-state index in [-0.39, 0.29) is 24.4 Å². The van der Waals surface area contributed by atoms with Crippen LogP contribution in [0.15, 0.2) is 24.4 Å². The molecule has 0 bridgehead atoms. The number of benzene rings is 1. The van der Waals surface area contributed by atoms with E-state index in [2.05, 4.69) is 0 Å². The molecule has 29 heavy (non-hydrogen) atoms. The lowest BCUT2D eigenvalue weighted by molar-refractivity contribution is -0.137. The van der Waals surface area contributed by atoms with Gasteiger partial charge >= 0.3 is 5.97 Å². The second-order valence-electron chi connectivity index (χ2n) is 6.88. The molecule has 0 aliphatic carbocycles. The highest BCUT2D eigenvalue weighted by atomic mass is 35.5. The monoisotopic (exact) mass is 442 g/mol. The summed E-state index contributed by atoms with van der Waals surface area (Å²) in [5.74, 6) is -2.07. The van der Waals surface area contributed by atoms with Gasteiger partial charge in [-0.2, -0.15) is 0 Å². The number of hydrogen-bond acceptors (Lipinski definition) is 4. The Kier molecular flexibility index (Phi) is 8.22. The van der Waals surface area contributed by atoms with Crippen molar-refractivity contribution >= 4 is 35.1 Å². The van der Waals surface area contributed by atoms with Gasteiger partial charge in [-0.05, 0) is 30.5 Å². The van der Waals surface area contributed by atoms with Crippen LogP contribution >= 0.6 is 23.2 Å². The Hall–Kier alpha value is -2.38. The number of aliphatic carboxylic acids is 1. The molecular formula is C20H24Cl2N2O5. The minimum atomic E-state index is -0.814. The highest BCUT2D eigenvalue weighted by Crippen LogP contribution is 2.32. The molecule has 0 radical (unpaired) electrons. The summed E-state index contributed by atoms with van der Waals surface area (Å²) in [6.45, 7) is 0.668. The van der Waals surface area contributed by atoms with Gasteiger partial charge in [-0.25, -0.2) is 0 Å². The lowest BCUT2D eigenvalue weighted by Crippen LogP contribution is -2.26. The van der Waals surface area contributed by atoms with E-state index in [1.165, 1.54) is 15.7 Å². The number of carboxylic acid groups (broad SMARTS) is 1. The number of carbonyl (C=O) groups is 2. The van der Waals surface area contributed by atoms with E-state index in [9.17, 15) is 19.8 Å². The molecule has 2 aromatic rings. The van der Waals surface area contributed by atoms with E-state index in [0.29, 0.717) is 29.4 Å². The average molecular weight is 443 g/mol. The molecule has 1 amide bonds. The van der Waals surface area contributed by atoms with Crippen LogP contribution in [0.3, 0.4) is 0 Å². The second kappa shape index (κ2) is 10.4. The molecular weight excluding hydrogens is 419 g/mol. The van der Waals surface area contributed by atoms with Crippen LogP contribution in [0.4, 0.5) is 0 Å². The Morgan fingerprint density at radius 3 is 2.41 bits per heavy atom. The summed E-state index contributed by atoms with van der Waals surface area (Å²) < 4.78 is 1.42. The quantitative estimate of drug-likeness (QED) is 0.469. The van der Waals surface area contributed by atoms with Crippen LogP contribution in [0.1, 0.15) is 48.0 Å². The molecule has 0 saturated carbocycles. The predicted molar refractivity (Wildman–Crippen MR) is 111 cm³/mol. The minimum absolute atomic E-state index is 0.0101. The van der Waals surface area contributed by atoms with E-state index in [1.54, 1.807) is 25.2 Å².